The van der Waals surface area contributed by atoms with Gasteiger partial charge in [-0.05, 0) is 45.0 Å². The summed E-state index contributed by atoms with van der Waals surface area (Å²) >= 11 is 0. The molecule has 0 aliphatic carbocycles. The topological polar surface area (TPSA) is 73.2 Å². The van der Waals surface area contributed by atoms with Gasteiger partial charge in [0.25, 0.3) is 0 Å². The molecule has 1 aromatic carbocycles. The van der Waals surface area contributed by atoms with Gasteiger partial charge in [-0.3, -0.25) is 9.48 Å². The smallest absolute Gasteiger partial charge is 0.338 e. The van der Waals surface area contributed by atoms with Gasteiger partial charge >= 0.3 is 5.97 Å². The third-order valence-electron chi connectivity index (χ3n) is 3.33. The molecule has 1 heterocycles. The highest BCUT2D eigenvalue weighted by Crippen LogP contribution is 2.15. The van der Waals surface area contributed by atoms with Crippen molar-refractivity contribution in [2.24, 2.45) is 0 Å². The van der Waals surface area contributed by atoms with Crippen molar-refractivity contribution in [3.8, 4) is 0 Å². The average molecular weight is 315 g/mol. The molecule has 6 heteroatoms. The van der Waals surface area contributed by atoms with Gasteiger partial charge < -0.3 is 10.1 Å². The Bertz CT molecular complexity index is 694. The zero-order valence-electron chi connectivity index (χ0n) is 13.6. The van der Waals surface area contributed by atoms with Crippen LogP contribution in [0.25, 0.3) is 0 Å². The Labute approximate surface area is 135 Å². The van der Waals surface area contributed by atoms with Crippen molar-refractivity contribution >= 4 is 17.6 Å². The van der Waals surface area contributed by atoms with Crippen LogP contribution in [-0.4, -0.2) is 28.3 Å². The number of aryl methyl sites for hydroxylation is 1. The molecule has 2 aromatic rings. The summed E-state index contributed by atoms with van der Waals surface area (Å²) in [5.74, 6) is -0.532. The van der Waals surface area contributed by atoms with Crippen molar-refractivity contribution in [2.75, 3.05) is 11.9 Å². The van der Waals surface area contributed by atoms with E-state index in [0.717, 1.165) is 5.69 Å². The minimum atomic E-state index is -0.399. The van der Waals surface area contributed by atoms with E-state index >= 15 is 0 Å². The summed E-state index contributed by atoms with van der Waals surface area (Å²) in [4.78, 5) is 23.8. The zero-order chi connectivity index (χ0) is 16.8. The van der Waals surface area contributed by atoms with Gasteiger partial charge in [-0.2, -0.15) is 5.10 Å². The summed E-state index contributed by atoms with van der Waals surface area (Å²) in [6, 6.07) is 8.57. The Morgan fingerprint density at radius 1 is 1.35 bits per heavy atom. The molecular weight excluding hydrogens is 294 g/mol. The fourth-order valence-corrected chi connectivity index (χ4v) is 2.19. The molecule has 1 N–H and O–H groups in total. The molecule has 0 fully saturated rings. The maximum absolute atomic E-state index is 12.1. The van der Waals surface area contributed by atoms with Gasteiger partial charge in [0.15, 0.2) is 0 Å². The summed E-state index contributed by atoms with van der Waals surface area (Å²) in [5.41, 5.74) is 1.91. The lowest BCUT2D eigenvalue weighted by Gasteiger charge is -2.12. The number of hydrogen-bond donors (Lipinski definition) is 1. The third-order valence-corrected chi connectivity index (χ3v) is 3.33. The van der Waals surface area contributed by atoms with Crippen LogP contribution in [0.3, 0.4) is 0 Å². The first-order valence-corrected chi connectivity index (χ1v) is 7.58. The first-order chi connectivity index (χ1) is 11.0. The number of carbonyl (C=O) groups is 2. The lowest BCUT2D eigenvalue weighted by Crippen LogP contribution is -2.18. The van der Waals surface area contributed by atoms with Gasteiger partial charge in [0.05, 0.1) is 23.9 Å². The highest BCUT2D eigenvalue weighted by atomic mass is 16.5. The molecule has 0 saturated heterocycles. The lowest BCUT2D eigenvalue weighted by atomic mass is 10.2. The van der Waals surface area contributed by atoms with E-state index < -0.39 is 5.97 Å². The van der Waals surface area contributed by atoms with E-state index in [2.05, 4.69) is 10.4 Å². The van der Waals surface area contributed by atoms with Crippen molar-refractivity contribution in [3.63, 3.8) is 0 Å². The van der Waals surface area contributed by atoms with Gasteiger partial charge in [0.1, 0.15) is 0 Å². The number of ether oxygens (including phenoxy) is 1. The molecule has 0 radical (unpaired) electrons. The zero-order valence-corrected chi connectivity index (χ0v) is 13.6. The number of esters is 1. The van der Waals surface area contributed by atoms with E-state index in [4.69, 9.17) is 4.74 Å². The number of benzene rings is 1. The molecule has 1 atom stereocenters. The van der Waals surface area contributed by atoms with E-state index in [9.17, 15) is 9.59 Å². The van der Waals surface area contributed by atoms with Crippen molar-refractivity contribution in [1.82, 2.24) is 9.78 Å². The molecule has 0 spiro atoms. The van der Waals surface area contributed by atoms with Crippen LogP contribution >= 0.6 is 0 Å². The Balaban J connectivity index is 1.97. The van der Waals surface area contributed by atoms with Gasteiger partial charge in [0.2, 0.25) is 5.91 Å². The molecule has 1 aromatic heterocycles. The van der Waals surface area contributed by atoms with Crippen LogP contribution in [0.1, 0.15) is 42.4 Å². The maximum Gasteiger partial charge on any atom is 0.338 e. The molecule has 2 rings (SSSR count). The van der Waals surface area contributed by atoms with Crippen LogP contribution in [0.2, 0.25) is 0 Å². The van der Waals surface area contributed by atoms with Gasteiger partial charge in [-0.1, -0.05) is 6.07 Å². The summed E-state index contributed by atoms with van der Waals surface area (Å²) in [7, 11) is 0. The second-order valence-corrected chi connectivity index (χ2v) is 5.34. The van der Waals surface area contributed by atoms with Crippen LogP contribution in [0.15, 0.2) is 36.5 Å². The first kappa shape index (κ1) is 16.7. The Morgan fingerprint density at radius 3 is 2.78 bits per heavy atom. The summed E-state index contributed by atoms with van der Waals surface area (Å²) in [6.45, 7) is 5.91. The predicted molar refractivity (Wildman–Crippen MR) is 87.3 cm³/mol. The normalized spacial score (nSPS) is 11.8. The number of nitrogens with one attached hydrogen (secondary N) is 1. The first-order valence-electron chi connectivity index (χ1n) is 7.58. The monoisotopic (exact) mass is 315 g/mol. The number of rotatable bonds is 6. The predicted octanol–water partition coefficient (Wildman–Crippen LogP) is 2.96. The summed E-state index contributed by atoms with van der Waals surface area (Å²) < 4.78 is 6.72. The molecule has 0 bridgehead atoms. The molecule has 122 valence electrons. The Morgan fingerprint density at radius 2 is 2.13 bits per heavy atom. The standard InChI is InChI=1S/C17H21N3O3/c1-4-23-17(22)14-6-5-7-15(11-14)18-16(21)10-13(3)20-9-8-12(2)19-20/h5-9,11,13H,4,10H2,1-3H3,(H,18,21)/t13-/m0/s1. The summed E-state index contributed by atoms with van der Waals surface area (Å²) in [6.07, 6.45) is 2.15. The van der Waals surface area contributed by atoms with Crippen molar-refractivity contribution < 1.29 is 14.3 Å². The number of aromatic nitrogens is 2. The number of amides is 1. The lowest BCUT2D eigenvalue weighted by molar-refractivity contribution is -0.116. The third kappa shape index (κ3) is 4.67. The molecule has 0 saturated carbocycles. The maximum atomic E-state index is 12.1. The van der Waals surface area contributed by atoms with E-state index in [-0.39, 0.29) is 11.9 Å². The van der Waals surface area contributed by atoms with E-state index in [1.54, 1.807) is 35.9 Å². The quantitative estimate of drug-likeness (QED) is 0.832. The van der Waals surface area contributed by atoms with Crippen molar-refractivity contribution in [3.05, 3.63) is 47.8 Å². The SMILES string of the molecule is CCOC(=O)c1cccc(NC(=O)C[C@H](C)n2ccc(C)n2)c1. The number of hydrogen-bond acceptors (Lipinski definition) is 4. The fraction of sp³-hybridized carbons (Fsp3) is 0.353. The summed E-state index contributed by atoms with van der Waals surface area (Å²) in [5, 5.41) is 7.10. The molecule has 0 unspecified atom stereocenters. The van der Waals surface area contributed by atoms with Crippen LogP contribution in [0.5, 0.6) is 0 Å². The molecule has 6 nitrogen and oxygen atoms in total. The second kappa shape index (κ2) is 7.58. The van der Waals surface area contributed by atoms with Crippen molar-refractivity contribution in [1.29, 1.82) is 0 Å². The fourth-order valence-electron chi connectivity index (χ4n) is 2.19. The molecule has 1 amide bonds. The van der Waals surface area contributed by atoms with E-state index in [1.165, 1.54) is 0 Å². The molecule has 0 aliphatic heterocycles. The van der Waals surface area contributed by atoms with Crippen LogP contribution in [0, 0.1) is 6.92 Å². The van der Waals surface area contributed by atoms with Crippen LogP contribution in [0.4, 0.5) is 5.69 Å². The Kier molecular flexibility index (Phi) is 5.51. The van der Waals surface area contributed by atoms with Gasteiger partial charge in [-0.15, -0.1) is 0 Å². The molecular formula is C17H21N3O3. The van der Waals surface area contributed by atoms with E-state index in [1.807, 2.05) is 26.1 Å². The molecule has 23 heavy (non-hydrogen) atoms. The average Bonchev–Trinajstić information content (AvgIpc) is 2.94. The number of anilines is 1. The Hall–Kier alpha value is -2.63. The minimum absolute atomic E-state index is 0.0445. The number of nitrogens with zero attached hydrogens (tertiary/aromatic N) is 2. The van der Waals surface area contributed by atoms with Crippen molar-refractivity contribution in [2.45, 2.75) is 33.2 Å². The van der Waals surface area contributed by atoms with Crippen LogP contribution in [-0.2, 0) is 9.53 Å². The van der Waals surface area contributed by atoms with Crippen LogP contribution < -0.4 is 5.32 Å². The minimum Gasteiger partial charge on any atom is -0.462 e. The second-order valence-electron chi connectivity index (χ2n) is 5.34. The largest absolute Gasteiger partial charge is 0.462 e. The van der Waals surface area contributed by atoms with E-state index in [0.29, 0.717) is 24.3 Å². The highest BCUT2D eigenvalue weighted by Gasteiger charge is 2.13. The number of carbonyl (C=O) groups excluding carboxylic acids is 2. The van der Waals surface area contributed by atoms with Gasteiger partial charge in [0, 0.05) is 18.3 Å². The molecule has 0 aliphatic rings. The highest BCUT2D eigenvalue weighted by molar-refractivity contribution is 5.94. The van der Waals surface area contributed by atoms with Gasteiger partial charge in [-0.25, -0.2) is 4.79 Å².